The molecular formula is C22H29N3O2S. The molecule has 1 saturated heterocycles. The standard InChI is InChI=1S/C22H29N3O2S/c26-28(27,22-9-5-2-6-10-22)23-19-11-13-21(14-12-19)25-17-15-24(16-18-25)20-7-3-1-4-8-20/h1-10,19,21,23H,11-18H2. The minimum absolute atomic E-state index is 0.0482. The topological polar surface area (TPSA) is 52.7 Å². The maximum Gasteiger partial charge on any atom is 0.240 e. The molecule has 0 aromatic heterocycles. The number of hydrogen-bond donors (Lipinski definition) is 1. The highest BCUT2D eigenvalue weighted by molar-refractivity contribution is 7.89. The molecule has 150 valence electrons. The zero-order valence-corrected chi connectivity index (χ0v) is 17.0. The number of hydrogen-bond acceptors (Lipinski definition) is 4. The van der Waals surface area contributed by atoms with Crippen LogP contribution in [0.5, 0.6) is 0 Å². The summed E-state index contributed by atoms with van der Waals surface area (Å²) in [6.45, 7) is 4.29. The lowest BCUT2D eigenvalue weighted by atomic mass is 9.90. The number of nitrogens with one attached hydrogen (secondary N) is 1. The largest absolute Gasteiger partial charge is 0.369 e. The van der Waals surface area contributed by atoms with Crippen molar-refractivity contribution in [2.45, 2.75) is 42.7 Å². The Hall–Kier alpha value is -1.89. The van der Waals surface area contributed by atoms with Crippen LogP contribution in [0.2, 0.25) is 0 Å². The minimum Gasteiger partial charge on any atom is -0.369 e. The van der Waals surface area contributed by atoms with Crippen molar-refractivity contribution in [3.05, 3.63) is 60.7 Å². The molecule has 2 fully saturated rings. The van der Waals surface area contributed by atoms with Crippen molar-refractivity contribution >= 4 is 15.7 Å². The van der Waals surface area contributed by atoms with Gasteiger partial charge in [-0.05, 0) is 49.9 Å². The zero-order valence-electron chi connectivity index (χ0n) is 16.2. The van der Waals surface area contributed by atoms with Crippen LogP contribution >= 0.6 is 0 Å². The number of para-hydroxylation sites is 1. The fourth-order valence-corrected chi connectivity index (χ4v) is 5.76. The monoisotopic (exact) mass is 399 g/mol. The van der Waals surface area contributed by atoms with Crippen molar-refractivity contribution < 1.29 is 8.42 Å². The van der Waals surface area contributed by atoms with E-state index in [1.54, 1.807) is 24.3 Å². The van der Waals surface area contributed by atoms with Gasteiger partial charge in [-0.25, -0.2) is 13.1 Å². The number of rotatable bonds is 5. The Kier molecular flexibility index (Phi) is 5.99. The van der Waals surface area contributed by atoms with Crippen LogP contribution in [0.4, 0.5) is 5.69 Å². The molecule has 0 bridgehead atoms. The lowest BCUT2D eigenvalue weighted by molar-refractivity contribution is 0.140. The first-order valence-electron chi connectivity index (χ1n) is 10.2. The van der Waals surface area contributed by atoms with Gasteiger partial charge in [-0.1, -0.05) is 36.4 Å². The molecule has 2 aliphatic rings. The second-order valence-electron chi connectivity index (χ2n) is 7.80. The predicted molar refractivity (Wildman–Crippen MR) is 113 cm³/mol. The van der Waals surface area contributed by atoms with Gasteiger partial charge in [-0.2, -0.15) is 0 Å². The van der Waals surface area contributed by atoms with Crippen LogP contribution in [0.1, 0.15) is 25.7 Å². The van der Waals surface area contributed by atoms with Crippen LogP contribution in [0, 0.1) is 0 Å². The molecule has 0 radical (unpaired) electrons. The molecule has 0 unspecified atom stereocenters. The molecule has 4 rings (SSSR count). The Morgan fingerprint density at radius 3 is 1.93 bits per heavy atom. The first-order valence-corrected chi connectivity index (χ1v) is 11.7. The maximum atomic E-state index is 12.5. The van der Waals surface area contributed by atoms with Crippen molar-refractivity contribution in [2.24, 2.45) is 0 Å². The zero-order chi connectivity index (χ0) is 19.4. The molecule has 0 atom stereocenters. The first-order chi connectivity index (χ1) is 13.6. The first kappa shape index (κ1) is 19.4. The van der Waals surface area contributed by atoms with E-state index in [4.69, 9.17) is 0 Å². The fourth-order valence-electron chi connectivity index (χ4n) is 4.43. The molecule has 5 nitrogen and oxygen atoms in total. The Labute approximate surface area is 168 Å². The van der Waals surface area contributed by atoms with Crippen LogP contribution in [0.15, 0.2) is 65.6 Å². The lowest BCUT2D eigenvalue weighted by Gasteiger charge is -2.42. The van der Waals surface area contributed by atoms with Crippen LogP contribution in [0.25, 0.3) is 0 Å². The van der Waals surface area contributed by atoms with E-state index in [2.05, 4.69) is 44.9 Å². The number of sulfonamides is 1. The Bertz CT molecular complexity index is 842. The van der Waals surface area contributed by atoms with Gasteiger partial charge in [-0.15, -0.1) is 0 Å². The second-order valence-corrected chi connectivity index (χ2v) is 9.51. The smallest absolute Gasteiger partial charge is 0.240 e. The quantitative estimate of drug-likeness (QED) is 0.839. The third kappa shape index (κ3) is 4.57. The molecule has 2 aromatic carbocycles. The second kappa shape index (κ2) is 8.64. The Morgan fingerprint density at radius 2 is 1.32 bits per heavy atom. The average Bonchev–Trinajstić information content (AvgIpc) is 2.75. The van der Waals surface area contributed by atoms with E-state index in [0.717, 1.165) is 51.9 Å². The van der Waals surface area contributed by atoms with E-state index in [1.807, 2.05) is 6.07 Å². The van der Waals surface area contributed by atoms with Gasteiger partial charge >= 0.3 is 0 Å². The van der Waals surface area contributed by atoms with Crippen molar-refractivity contribution in [3.63, 3.8) is 0 Å². The third-order valence-corrected chi connectivity index (χ3v) is 7.56. The molecule has 1 saturated carbocycles. The molecule has 1 aliphatic heterocycles. The van der Waals surface area contributed by atoms with Crippen molar-refractivity contribution in [1.29, 1.82) is 0 Å². The molecule has 6 heteroatoms. The van der Waals surface area contributed by atoms with E-state index >= 15 is 0 Å². The van der Waals surface area contributed by atoms with Gasteiger partial charge in [0.25, 0.3) is 0 Å². The van der Waals surface area contributed by atoms with Crippen LogP contribution in [0.3, 0.4) is 0 Å². The predicted octanol–water partition coefficient (Wildman–Crippen LogP) is 3.10. The van der Waals surface area contributed by atoms with Crippen LogP contribution in [-0.2, 0) is 10.0 Å². The van der Waals surface area contributed by atoms with E-state index in [9.17, 15) is 8.42 Å². The lowest BCUT2D eigenvalue weighted by Crippen LogP contribution is -2.52. The molecule has 0 amide bonds. The SMILES string of the molecule is O=S(=O)(NC1CCC(N2CCN(c3ccccc3)CC2)CC1)c1ccccc1. The van der Waals surface area contributed by atoms with E-state index in [1.165, 1.54) is 5.69 Å². The molecule has 1 N–H and O–H groups in total. The summed E-state index contributed by atoms with van der Waals surface area (Å²) in [5, 5.41) is 0. The Morgan fingerprint density at radius 1 is 0.750 bits per heavy atom. The van der Waals surface area contributed by atoms with Gasteiger partial charge in [-0.3, -0.25) is 4.90 Å². The third-order valence-electron chi connectivity index (χ3n) is 6.02. The number of benzene rings is 2. The van der Waals surface area contributed by atoms with Crippen molar-refractivity contribution in [1.82, 2.24) is 9.62 Å². The van der Waals surface area contributed by atoms with Gasteiger partial charge in [0, 0.05) is 44.0 Å². The van der Waals surface area contributed by atoms with Crippen LogP contribution in [-0.4, -0.2) is 51.6 Å². The molecule has 0 spiro atoms. The summed E-state index contributed by atoms with van der Waals surface area (Å²) >= 11 is 0. The van der Waals surface area contributed by atoms with Gasteiger partial charge < -0.3 is 4.90 Å². The van der Waals surface area contributed by atoms with Gasteiger partial charge in [0.1, 0.15) is 0 Å². The highest BCUT2D eigenvalue weighted by Crippen LogP contribution is 2.26. The number of anilines is 1. The van der Waals surface area contributed by atoms with Gasteiger partial charge in [0.2, 0.25) is 10.0 Å². The van der Waals surface area contributed by atoms with E-state index in [0.29, 0.717) is 10.9 Å². The summed E-state index contributed by atoms with van der Waals surface area (Å²) in [5.74, 6) is 0. The summed E-state index contributed by atoms with van der Waals surface area (Å²) in [5.41, 5.74) is 1.31. The van der Waals surface area contributed by atoms with E-state index < -0.39 is 10.0 Å². The fraction of sp³-hybridized carbons (Fsp3) is 0.455. The molecule has 28 heavy (non-hydrogen) atoms. The van der Waals surface area contributed by atoms with Gasteiger partial charge in [0.05, 0.1) is 4.90 Å². The summed E-state index contributed by atoms with van der Waals surface area (Å²) in [6, 6.07) is 19.9. The average molecular weight is 400 g/mol. The van der Waals surface area contributed by atoms with Crippen LogP contribution < -0.4 is 9.62 Å². The normalized spacial score (nSPS) is 24.2. The molecule has 1 heterocycles. The molecule has 1 aliphatic carbocycles. The number of nitrogens with zero attached hydrogens (tertiary/aromatic N) is 2. The van der Waals surface area contributed by atoms with E-state index in [-0.39, 0.29) is 6.04 Å². The van der Waals surface area contributed by atoms with Crippen molar-refractivity contribution in [3.8, 4) is 0 Å². The summed E-state index contributed by atoms with van der Waals surface area (Å²) in [7, 11) is -3.41. The van der Waals surface area contributed by atoms with Crippen molar-refractivity contribution in [2.75, 3.05) is 31.1 Å². The highest BCUT2D eigenvalue weighted by Gasteiger charge is 2.30. The summed E-state index contributed by atoms with van der Waals surface area (Å²) in [6.07, 6.45) is 3.95. The Balaban J connectivity index is 1.26. The molecule has 2 aromatic rings. The highest BCUT2D eigenvalue weighted by atomic mass is 32.2. The summed E-state index contributed by atoms with van der Waals surface area (Å²) in [4.78, 5) is 5.41. The maximum absolute atomic E-state index is 12.5. The number of piperazine rings is 1. The van der Waals surface area contributed by atoms with Gasteiger partial charge in [0.15, 0.2) is 0 Å². The minimum atomic E-state index is -3.41. The summed E-state index contributed by atoms with van der Waals surface area (Å²) < 4.78 is 28.0. The molecular weight excluding hydrogens is 370 g/mol.